The second kappa shape index (κ2) is 8.33. The lowest BCUT2D eigenvalue weighted by Gasteiger charge is -2.30. The maximum Gasteiger partial charge on any atom is 0.246 e. The molecule has 3 aliphatic rings. The van der Waals surface area contributed by atoms with Crippen molar-refractivity contribution in [2.45, 2.75) is 75.4 Å². The van der Waals surface area contributed by atoms with E-state index < -0.39 is 0 Å². The first-order valence-corrected chi connectivity index (χ1v) is 12.1. The van der Waals surface area contributed by atoms with Crippen LogP contribution in [0.15, 0.2) is 24.4 Å². The van der Waals surface area contributed by atoms with Gasteiger partial charge in [-0.1, -0.05) is 0 Å². The summed E-state index contributed by atoms with van der Waals surface area (Å²) >= 11 is 0. The minimum Gasteiger partial charge on any atom is -0.352 e. The summed E-state index contributed by atoms with van der Waals surface area (Å²) in [4.78, 5) is 20.0. The van der Waals surface area contributed by atoms with Gasteiger partial charge in [0.25, 0.3) is 0 Å². The Kier molecular flexibility index (Phi) is 5.17. The van der Waals surface area contributed by atoms with Crippen LogP contribution in [-0.4, -0.2) is 55.4 Å². The number of H-pyrrole nitrogens is 1. The van der Waals surface area contributed by atoms with Crippen molar-refractivity contribution in [1.82, 2.24) is 30.1 Å². The number of aromatic nitrogens is 5. The molecule has 6 rings (SSSR count). The molecule has 3 fully saturated rings. The largest absolute Gasteiger partial charge is 0.352 e. The van der Waals surface area contributed by atoms with Gasteiger partial charge in [-0.25, -0.2) is 4.52 Å². The Morgan fingerprint density at radius 2 is 2.00 bits per heavy atom. The Labute approximate surface area is 192 Å². The number of hydrogen-bond acceptors (Lipinski definition) is 7. The van der Waals surface area contributed by atoms with Crippen molar-refractivity contribution >= 4 is 29.0 Å². The van der Waals surface area contributed by atoms with Crippen LogP contribution in [0, 0.1) is 0 Å². The number of hydrogen-bond donors (Lipinski definition) is 4. The molecular weight excluding hydrogens is 418 g/mol. The molecule has 10 heteroatoms. The average molecular weight is 450 g/mol. The highest BCUT2D eigenvalue weighted by atomic mass is 16.2. The number of fused-ring (bicyclic) bond motifs is 1. The molecule has 1 atom stereocenters. The molecule has 3 aromatic heterocycles. The molecule has 0 bridgehead atoms. The highest BCUT2D eigenvalue weighted by Crippen LogP contribution is 2.39. The summed E-state index contributed by atoms with van der Waals surface area (Å²) < 4.78 is 1.81. The third kappa shape index (κ3) is 4.15. The highest BCUT2D eigenvalue weighted by molar-refractivity contribution is 5.86. The average Bonchev–Trinajstić information content (AvgIpc) is 3.20. The van der Waals surface area contributed by atoms with Crippen molar-refractivity contribution < 1.29 is 4.79 Å². The number of anilines is 3. The Hall–Kier alpha value is -3.14. The van der Waals surface area contributed by atoms with E-state index in [1.807, 2.05) is 27.7 Å². The molecule has 10 nitrogen and oxygen atoms in total. The van der Waals surface area contributed by atoms with Crippen molar-refractivity contribution in [3.05, 3.63) is 30.1 Å². The fourth-order valence-electron chi connectivity index (χ4n) is 5.10. The van der Waals surface area contributed by atoms with Gasteiger partial charge in [-0.15, -0.1) is 5.10 Å². The summed E-state index contributed by atoms with van der Waals surface area (Å²) in [5.74, 6) is 2.66. The van der Waals surface area contributed by atoms with Crippen molar-refractivity contribution in [1.29, 1.82) is 0 Å². The van der Waals surface area contributed by atoms with Gasteiger partial charge in [-0.3, -0.25) is 9.89 Å². The predicted molar refractivity (Wildman–Crippen MR) is 126 cm³/mol. The molecule has 1 aliphatic heterocycles. The lowest BCUT2D eigenvalue weighted by Crippen LogP contribution is -2.49. The molecule has 2 saturated carbocycles. The highest BCUT2D eigenvalue weighted by Gasteiger charge is 2.34. The second-order valence-electron chi connectivity index (χ2n) is 9.68. The van der Waals surface area contributed by atoms with E-state index in [9.17, 15) is 4.79 Å². The molecule has 3 aromatic rings. The summed E-state index contributed by atoms with van der Waals surface area (Å²) in [5.41, 5.74) is 8.05. The van der Waals surface area contributed by atoms with Crippen molar-refractivity contribution in [2.75, 3.05) is 16.8 Å². The molecule has 0 aromatic carbocycles. The smallest absolute Gasteiger partial charge is 0.246 e. The number of nitrogens with two attached hydrogens (primary N) is 1. The monoisotopic (exact) mass is 449 g/mol. The van der Waals surface area contributed by atoms with E-state index in [1.54, 1.807) is 0 Å². The first-order chi connectivity index (χ1) is 16.1. The molecule has 33 heavy (non-hydrogen) atoms. The zero-order chi connectivity index (χ0) is 22.4. The van der Waals surface area contributed by atoms with Crippen LogP contribution in [0.25, 0.3) is 5.52 Å². The molecule has 0 radical (unpaired) electrons. The Morgan fingerprint density at radius 3 is 2.82 bits per heavy atom. The third-order valence-corrected chi connectivity index (χ3v) is 7.17. The molecule has 5 N–H and O–H groups in total. The van der Waals surface area contributed by atoms with Gasteiger partial charge < -0.3 is 21.3 Å². The first-order valence-electron chi connectivity index (χ1n) is 12.1. The fourth-order valence-corrected chi connectivity index (χ4v) is 5.10. The molecule has 0 unspecified atom stereocenters. The summed E-state index contributed by atoms with van der Waals surface area (Å²) in [7, 11) is 0. The van der Waals surface area contributed by atoms with Gasteiger partial charge in [-0.2, -0.15) is 10.1 Å². The van der Waals surface area contributed by atoms with Gasteiger partial charge in [0.15, 0.2) is 11.6 Å². The minimum absolute atomic E-state index is 0.0695. The van der Waals surface area contributed by atoms with E-state index in [4.69, 9.17) is 15.8 Å². The molecule has 1 amide bonds. The summed E-state index contributed by atoms with van der Waals surface area (Å²) in [6, 6.07) is 6.20. The summed E-state index contributed by atoms with van der Waals surface area (Å²) in [6.45, 7) is 0.758. The number of amides is 1. The molecular formula is C23H31N9O. The fraction of sp³-hybridized carbons (Fsp3) is 0.565. The number of aromatic amines is 1. The quantitative estimate of drug-likeness (QED) is 0.455. The van der Waals surface area contributed by atoms with E-state index in [2.05, 4.69) is 26.9 Å². The number of rotatable bonds is 6. The van der Waals surface area contributed by atoms with Gasteiger partial charge in [-0.05, 0) is 63.5 Å². The summed E-state index contributed by atoms with van der Waals surface area (Å²) in [6.07, 6.45) is 9.92. The number of carbonyl (C=O) groups is 1. The van der Waals surface area contributed by atoms with Crippen LogP contribution in [0.5, 0.6) is 0 Å². The molecule has 0 spiro atoms. The van der Waals surface area contributed by atoms with Crippen LogP contribution in [0.3, 0.4) is 0 Å². The lowest BCUT2D eigenvalue weighted by atomic mass is 9.91. The van der Waals surface area contributed by atoms with E-state index in [1.165, 1.54) is 12.8 Å². The number of nitrogens with one attached hydrogen (secondary N) is 3. The molecule has 2 aliphatic carbocycles. The van der Waals surface area contributed by atoms with Crippen LogP contribution in [0.2, 0.25) is 0 Å². The minimum atomic E-state index is -0.256. The molecule has 4 heterocycles. The molecule has 1 saturated heterocycles. The Morgan fingerprint density at radius 1 is 1.15 bits per heavy atom. The van der Waals surface area contributed by atoms with Crippen LogP contribution in [0.1, 0.15) is 63.0 Å². The van der Waals surface area contributed by atoms with Crippen molar-refractivity contribution in [2.24, 2.45) is 5.73 Å². The van der Waals surface area contributed by atoms with E-state index in [0.29, 0.717) is 17.7 Å². The van der Waals surface area contributed by atoms with E-state index in [0.717, 1.165) is 62.1 Å². The van der Waals surface area contributed by atoms with Crippen LogP contribution in [-0.2, 0) is 4.79 Å². The summed E-state index contributed by atoms with van der Waals surface area (Å²) in [5, 5.41) is 18.9. The predicted octanol–water partition coefficient (Wildman–Crippen LogP) is 2.43. The van der Waals surface area contributed by atoms with Crippen molar-refractivity contribution in [3.63, 3.8) is 0 Å². The molecule has 174 valence electrons. The zero-order valence-electron chi connectivity index (χ0n) is 18.7. The van der Waals surface area contributed by atoms with E-state index >= 15 is 0 Å². The first kappa shape index (κ1) is 20.5. The topological polar surface area (TPSA) is 129 Å². The number of nitrogens with zero attached hydrogens (tertiary/aromatic N) is 5. The van der Waals surface area contributed by atoms with Gasteiger partial charge in [0.05, 0.1) is 0 Å². The standard InChI is InChI=1S/C23H31N9O/c24-15-7-9-16(10-8-15)25-22(33)19-4-1-11-31(19)23-27-21(18-3-2-12-32(18)30-23)26-20-13-17(28-29-20)14-5-6-14/h2-3,12-16,19H,1,4-11,24H2,(H,25,33)(H2,26,27,28,29,30)/t15?,16?,19-/m0/s1. The maximum atomic E-state index is 13.2. The van der Waals surface area contributed by atoms with Gasteiger partial charge in [0.2, 0.25) is 11.9 Å². The van der Waals surface area contributed by atoms with E-state index in [-0.39, 0.29) is 24.0 Å². The van der Waals surface area contributed by atoms with Gasteiger partial charge >= 0.3 is 0 Å². The number of carbonyl (C=O) groups excluding carboxylic acids is 1. The Bertz CT molecular complexity index is 1140. The maximum absolute atomic E-state index is 13.2. The van der Waals surface area contributed by atoms with Crippen molar-refractivity contribution in [3.8, 4) is 0 Å². The van der Waals surface area contributed by atoms with Crippen LogP contribution in [0.4, 0.5) is 17.6 Å². The van der Waals surface area contributed by atoms with Gasteiger partial charge in [0, 0.05) is 42.5 Å². The second-order valence-corrected chi connectivity index (χ2v) is 9.68. The zero-order valence-corrected chi connectivity index (χ0v) is 18.7. The SMILES string of the molecule is NC1CCC(NC(=O)[C@@H]2CCCN2c2nc(Nc3cc(C4CC4)[nH]n3)c3cccn3n2)CC1. The van der Waals surface area contributed by atoms with Gasteiger partial charge in [0.1, 0.15) is 11.6 Å². The van der Waals surface area contributed by atoms with Crippen LogP contribution >= 0.6 is 0 Å². The lowest BCUT2D eigenvalue weighted by molar-refractivity contribution is -0.123. The normalized spacial score (nSPS) is 25.5. The van der Waals surface area contributed by atoms with Crippen LogP contribution < -0.4 is 21.3 Å². The Balaban J connectivity index is 1.23. The third-order valence-electron chi connectivity index (χ3n) is 7.17.